The number of phenolic OH excluding ortho intramolecular Hbond substituents is 1. The van der Waals surface area contributed by atoms with Gasteiger partial charge in [-0.25, -0.2) is 0 Å². The molecular formula is C11H15NO. The second kappa shape index (κ2) is 3.99. The van der Waals surface area contributed by atoms with Gasteiger partial charge in [0.05, 0.1) is 0 Å². The standard InChI is InChI=1S/C11H15NO/c1-4-9(2)12(3)10-5-7-11(13)8-6-10/h4-8,13H,1-3H3. The van der Waals surface area contributed by atoms with Crippen molar-refractivity contribution in [3.63, 3.8) is 0 Å². The molecule has 0 atom stereocenters. The van der Waals surface area contributed by atoms with E-state index in [0.717, 1.165) is 5.69 Å². The Kier molecular flexibility index (Phi) is 2.96. The molecule has 0 aliphatic rings. The summed E-state index contributed by atoms with van der Waals surface area (Å²) >= 11 is 0. The van der Waals surface area contributed by atoms with Gasteiger partial charge in [-0.3, -0.25) is 0 Å². The molecule has 1 aromatic carbocycles. The van der Waals surface area contributed by atoms with Crippen molar-refractivity contribution in [1.82, 2.24) is 0 Å². The lowest BCUT2D eigenvalue weighted by molar-refractivity contribution is 0.475. The molecule has 0 aliphatic heterocycles. The smallest absolute Gasteiger partial charge is 0.115 e. The topological polar surface area (TPSA) is 23.5 Å². The number of anilines is 1. The van der Waals surface area contributed by atoms with Crippen LogP contribution < -0.4 is 4.90 Å². The molecular weight excluding hydrogens is 162 g/mol. The van der Waals surface area contributed by atoms with Gasteiger partial charge in [-0.05, 0) is 38.1 Å². The Morgan fingerprint density at radius 1 is 1.31 bits per heavy atom. The first-order chi connectivity index (χ1) is 6.15. The van der Waals surface area contributed by atoms with Gasteiger partial charge >= 0.3 is 0 Å². The summed E-state index contributed by atoms with van der Waals surface area (Å²) in [6.07, 6.45) is 2.05. The molecule has 0 unspecified atom stereocenters. The fourth-order valence-electron chi connectivity index (χ4n) is 1.07. The van der Waals surface area contributed by atoms with Crippen molar-refractivity contribution in [2.24, 2.45) is 0 Å². The molecule has 70 valence electrons. The Balaban J connectivity index is 2.89. The summed E-state index contributed by atoms with van der Waals surface area (Å²) in [6.45, 7) is 4.05. The third-order valence-electron chi connectivity index (χ3n) is 2.18. The number of nitrogens with zero attached hydrogens (tertiary/aromatic N) is 1. The van der Waals surface area contributed by atoms with Crippen LogP contribution in [0.2, 0.25) is 0 Å². The Bertz CT molecular complexity index is 300. The number of benzene rings is 1. The van der Waals surface area contributed by atoms with Crippen LogP contribution in [0.25, 0.3) is 0 Å². The van der Waals surface area contributed by atoms with Crippen LogP contribution in [0, 0.1) is 0 Å². The number of aromatic hydroxyl groups is 1. The maximum atomic E-state index is 9.10. The monoisotopic (exact) mass is 177 g/mol. The van der Waals surface area contributed by atoms with Crippen LogP contribution in [0.15, 0.2) is 36.0 Å². The number of phenols is 1. The maximum Gasteiger partial charge on any atom is 0.115 e. The highest BCUT2D eigenvalue weighted by Gasteiger charge is 2.00. The number of allylic oxidation sites excluding steroid dienone is 2. The summed E-state index contributed by atoms with van der Waals surface area (Å²) in [4.78, 5) is 2.07. The quantitative estimate of drug-likeness (QED) is 0.750. The van der Waals surface area contributed by atoms with Gasteiger partial charge in [-0.1, -0.05) is 6.08 Å². The molecule has 0 spiro atoms. The predicted octanol–water partition coefficient (Wildman–Crippen LogP) is 2.75. The van der Waals surface area contributed by atoms with Gasteiger partial charge < -0.3 is 10.0 Å². The molecule has 0 saturated carbocycles. The second-order valence-corrected chi connectivity index (χ2v) is 3.01. The Morgan fingerprint density at radius 2 is 1.85 bits per heavy atom. The Morgan fingerprint density at radius 3 is 2.31 bits per heavy atom. The van der Waals surface area contributed by atoms with E-state index in [4.69, 9.17) is 5.11 Å². The molecule has 0 aromatic heterocycles. The lowest BCUT2D eigenvalue weighted by Gasteiger charge is -2.19. The van der Waals surface area contributed by atoms with E-state index in [1.165, 1.54) is 5.70 Å². The van der Waals surface area contributed by atoms with Crippen LogP contribution in [0.1, 0.15) is 13.8 Å². The summed E-state index contributed by atoms with van der Waals surface area (Å²) < 4.78 is 0. The Labute approximate surface area is 79.1 Å². The lowest BCUT2D eigenvalue weighted by atomic mass is 10.2. The van der Waals surface area contributed by atoms with E-state index in [1.807, 2.05) is 39.1 Å². The predicted molar refractivity (Wildman–Crippen MR) is 55.9 cm³/mol. The highest BCUT2D eigenvalue weighted by molar-refractivity contribution is 5.52. The summed E-state index contributed by atoms with van der Waals surface area (Å²) in [5, 5.41) is 9.10. The van der Waals surface area contributed by atoms with E-state index in [1.54, 1.807) is 12.1 Å². The molecule has 0 amide bonds. The average Bonchev–Trinajstić information content (AvgIpc) is 2.17. The molecule has 13 heavy (non-hydrogen) atoms. The van der Waals surface area contributed by atoms with Gasteiger partial charge in [-0.15, -0.1) is 0 Å². The molecule has 1 N–H and O–H groups in total. The zero-order valence-electron chi connectivity index (χ0n) is 8.28. The van der Waals surface area contributed by atoms with E-state index in [0.29, 0.717) is 5.75 Å². The van der Waals surface area contributed by atoms with E-state index < -0.39 is 0 Å². The van der Waals surface area contributed by atoms with Crippen LogP contribution >= 0.6 is 0 Å². The van der Waals surface area contributed by atoms with E-state index in [-0.39, 0.29) is 0 Å². The van der Waals surface area contributed by atoms with Crippen molar-refractivity contribution in [3.05, 3.63) is 36.0 Å². The van der Waals surface area contributed by atoms with Gasteiger partial charge in [0, 0.05) is 18.4 Å². The highest BCUT2D eigenvalue weighted by Crippen LogP contribution is 2.19. The first kappa shape index (κ1) is 9.65. The SMILES string of the molecule is CC=C(C)N(C)c1ccc(O)cc1. The molecule has 0 heterocycles. The van der Waals surface area contributed by atoms with Crippen LogP contribution in [0.4, 0.5) is 5.69 Å². The summed E-state index contributed by atoms with van der Waals surface area (Å²) in [6, 6.07) is 7.16. The van der Waals surface area contributed by atoms with E-state index in [9.17, 15) is 0 Å². The molecule has 0 bridgehead atoms. The molecule has 2 nitrogen and oxygen atoms in total. The van der Waals surface area contributed by atoms with Crippen LogP contribution in [0.5, 0.6) is 5.75 Å². The van der Waals surface area contributed by atoms with Gasteiger partial charge in [0.25, 0.3) is 0 Å². The van der Waals surface area contributed by atoms with Crippen molar-refractivity contribution in [2.45, 2.75) is 13.8 Å². The first-order valence-electron chi connectivity index (χ1n) is 4.31. The van der Waals surface area contributed by atoms with Gasteiger partial charge in [0.15, 0.2) is 0 Å². The van der Waals surface area contributed by atoms with Crippen molar-refractivity contribution in [3.8, 4) is 5.75 Å². The third kappa shape index (κ3) is 2.25. The van der Waals surface area contributed by atoms with Crippen LogP contribution in [-0.2, 0) is 0 Å². The molecule has 2 heteroatoms. The summed E-state index contributed by atoms with van der Waals surface area (Å²) in [5.41, 5.74) is 2.26. The third-order valence-corrected chi connectivity index (χ3v) is 2.18. The zero-order chi connectivity index (χ0) is 9.84. The molecule has 0 fully saturated rings. The average molecular weight is 177 g/mol. The first-order valence-corrected chi connectivity index (χ1v) is 4.31. The zero-order valence-corrected chi connectivity index (χ0v) is 8.28. The Hall–Kier alpha value is -1.44. The van der Waals surface area contributed by atoms with E-state index >= 15 is 0 Å². The molecule has 1 aromatic rings. The largest absolute Gasteiger partial charge is 0.508 e. The summed E-state index contributed by atoms with van der Waals surface area (Å²) in [7, 11) is 2.00. The van der Waals surface area contributed by atoms with Crippen LogP contribution in [-0.4, -0.2) is 12.2 Å². The normalized spacial score (nSPS) is 11.5. The van der Waals surface area contributed by atoms with Crippen molar-refractivity contribution in [1.29, 1.82) is 0 Å². The van der Waals surface area contributed by atoms with Crippen molar-refractivity contribution >= 4 is 5.69 Å². The molecule has 1 rings (SSSR count). The minimum atomic E-state index is 0.301. The molecule has 0 radical (unpaired) electrons. The maximum absolute atomic E-state index is 9.10. The summed E-state index contributed by atoms with van der Waals surface area (Å²) in [5.74, 6) is 0.301. The lowest BCUT2D eigenvalue weighted by Crippen LogP contribution is -2.13. The minimum Gasteiger partial charge on any atom is -0.508 e. The molecule has 0 aliphatic carbocycles. The second-order valence-electron chi connectivity index (χ2n) is 3.01. The minimum absolute atomic E-state index is 0.301. The van der Waals surface area contributed by atoms with Crippen molar-refractivity contribution in [2.75, 3.05) is 11.9 Å². The van der Waals surface area contributed by atoms with Gasteiger partial charge in [0.1, 0.15) is 5.75 Å². The molecule has 0 saturated heterocycles. The highest BCUT2D eigenvalue weighted by atomic mass is 16.3. The van der Waals surface area contributed by atoms with Gasteiger partial charge in [-0.2, -0.15) is 0 Å². The van der Waals surface area contributed by atoms with Gasteiger partial charge in [0.2, 0.25) is 0 Å². The fourth-order valence-corrected chi connectivity index (χ4v) is 1.07. The number of rotatable bonds is 2. The van der Waals surface area contributed by atoms with E-state index in [2.05, 4.69) is 4.90 Å². The number of hydrogen-bond donors (Lipinski definition) is 1. The van der Waals surface area contributed by atoms with Crippen molar-refractivity contribution < 1.29 is 5.11 Å². The fraction of sp³-hybridized carbons (Fsp3) is 0.273. The number of hydrogen-bond acceptors (Lipinski definition) is 2. The van der Waals surface area contributed by atoms with Crippen LogP contribution in [0.3, 0.4) is 0 Å².